The summed E-state index contributed by atoms with van der Waals surface area (Å²) in [4.78, 5) is 14.6. The highest BCUT2D eigenvalue weighted by molar-refractivity contribution is 5.88. The lowest BCUT2D eigenvalue weighted by atomic mass is 10.3. The fourth-order valence-electron chi connectivity index (χ4n) is 1.61. The van der Waals surface area contributed by atoms with Gasteiger partial charge in [-0.3, -0.25) is 15.2 Å². The van der Waals surface area contributed by atoms with Gasteiger partial charge in [0.1, 0.15) is 11.6 Å². The summed E-state index contributed by atoms with van der Waals surface area (Å²) in [6.07, 6.45) is -4.38. The van der Waals surface area contributed by atoms with Crippen molar-refractivity contribution in [2.24, 2.45) is 0 Å². The van der Waals surface area contributed by atoms with Crippen molar-refractivity contribution in [2.75, 3.05) is 11.9 Å². The van der Waals surface area contributed by atoms with E-state index in [0.717, 1.165) is 0 Å². The third-order valence-corrected chi connectivity index (χ3v) is 2.62. The Hall–Kier alpha value is -2.65. The zero-order valence-electron chi connectivity index (χ0n) is 11.7. The number of amides is 1. The highest BCUT2D eigenvalue weighted by Gasteiger charge is 2.35. The molecule has 0 aliphatic rings. The van der Waals surface area contributed by atoms with Crippen LogP contribution in [0.1, 0.15) is 18.7 Å². The molecule has 23 heavy (non-hydrogen) atoms. The van der Waals surface area contributed by atoms with Crippen LogP contribution in [0.2, 0.25) is 0 Å². The zero-order chi connectivity index (χ0) is 16.9. The number of H-pyrrole nitrogens is 1. The molecule has 10 heteroatoms. The summed E-state index contributed by atoms with van der Waals surface area (Å²) in [5.74, 6) is -2.41. The number of ether oxygens (including phenoxy) is 1. The first-order valence-electron chi connectivity index (χ1n) is 6.52. The standard InChI is InChI=1S/C13H12F4N4O2/c14-8-3-1-4-9(7-8)23-6-2-5-10(22)18-12-19-11(20-21-12)13(15,16)17/h1,3-4,7H,2,5-6H2,(H2,18,19,20,21,22). The molecule has 0 unspecified atom stereocenters. The zero-order valence-corrected chi connectivity index (χ0v) is 11.7. The van der Waals surface area contributed by atoms with Gasteiger partial charge in [-0.1, -0.05) is 6.07 Å². The summed E-state index contributed by atoms with van der Waals surface area (Å²) in [5, 5.41) is 7.07. The Balaban J connectivity index is 1.72. The SMILES string of the molecule is O=C(CCCOc1cccc(F)c1)Nc1n[nH]c(C(F)(F)F)n1. The first-order chi connectivity index (χ1) is 10.8. The second-order valence-corrected chi connectivity index (χ2v) is 4.46. The van der Waals surface area contributed by atoms with E-state index in [1.807, 2.05) is 0 Å². The van der Waals surface area contributed by atoms with Crippen LogP contribution in [0.3, 0.4) is 0 Å². The van der Waals surface area contributed by atoms with E-state index in [2.05, 4.69) is 15.4 Å². The normalized spacial score (nSPS) is 11.3. The Kier molecular flexibility index (Phi) is 5.14. The number of halogens is 4. The molecular formula is C13H12F4N4O2. The first-order valence-corrected chi connectivity index (χ1v) is 6.52. The number of anilines is 1. The highest BCUT2D eigenvalue weighted by atomic mass is 19.4. The Morgan fingerprint density at radius 3 is 2.78 bits per heavy atom. The van der Waals surface area contributed by atoms with Gasteiger partial charge in [0.05, 0.1) is 6.61 Å². The van der Waals surface area contributed by atoms with E-state index in [4.69, 9.17) is 4.74 Å². The molecule has 0 fully saturated rings. The van der Waals surface area contributed by atoms with E-state index in [1.54, 1.807) is 11.2 Å². The summed E-state index contributed by atoms with van der Waals surface area (Å²) in [5.41, 5.74) is 0. The summed E-state index contributed by atoms with van der Waals surface area (Å²) in [6.45, 7) is 0.151. The van der Waals surface area contributed by atoms with Crippen LogP contribution in [0.5, 0.6) is 5.75 Å². The highest BCUT2D eigenvalue weighted by Crippen LogP contribution is 2.26. The van der Waals surface area contributed by atoms with Crippen molar-refractivity contribution < 1.29 is 27.1 Å². The molecule has 124 valence electrons. The second-order valence-electron chi connectivity index (χ2n) is 4.46. The predicted molar refractivity (Wildman–Crippen MR) is 71.1 cm³/mol. The van der Waals surface area contributed by atoms with Crippen molar-refractivity contribution in [1.29, 1.82) is 0 Å². The second kappa shape index (κ2) is 7.07. The van der Waals surface area contributed by atoms with Crippen molar-refractivity contribution in [2.45, 2.75) is 19.0 Å². The van der Waals surface area contributed by atoms with E-state index in [-0.39, 0.29) is 13.0 Å². The minimum Gasteiger partial charge on any atom is -0.493 e. The molecular weight excluding hydrogens is 320 g/mol. The summed E-state index contributed by atoms with van der Waals surface area (Å²) in [6, 6.07) is 5.52. The molecule has 1 heterocycles. The molecule has 0 bridgehead atoms. The van der Waals surface area contributed by atoms with E-state index >= 15 is 0 Å². The number of carbonyl (C=O) groups excluding carboxylic acids is 1. The van der Waals surface area contributed by atoms with Crippen LogP contribution in [0, 0.1) is 5.82 Å². The molecule has 1 aromatic carbocycles. The van der Waals surface area contributed by atoms with Gasteiger partial charge in [-0.2, -0.15) is 18.2 Å². The van der Waals surface area contributed by atoms with Crippen molar-refractivity contribution in [3.05, 3.63) is 35.9 Å². The molecule has 0 atom stereocenters. The number of hydrogen-bond acceptors (Lipinski definition) is 4. The third kappa shape index (κ3) is 5.24. The Morgan fingerprint density at radius 1 is 1.35 bits per heavy atom. The quantitative estimate of drug-likeness (QED) is 0.630. The van der Waals surface area contributed by atoms with Crippen LogP contribution < -0.4 is 10.1 Å². The number of benzene rings is 1. The predicted octanol–water partition coefficient (Wildman–Crippen LogP) is 2.76. The largest absolute Gasteiger partial charge is 0.493 e. The van der Waals surface area contributed by atoms with Crippen molar-refractivity contribution in [3.8, 4) is 5.75 Å². The van der Waals surface area contributed by atoms with E-state index in [0.29, 0.717) is 12.2 Å². The minimum absolute atomic E-state index is 0.00872. The third-order valence-electron chi connectivity index (χ3n) is 2.62. The van der Waals surface area contributed by atoms with Gasteiger partial charge in [0, 0.05) is 12.5 Å². The van der Waals surface area contributed by atoms with Crippen LogP contribution in [-0.4, -0.2) is 27.7 Å². The van der Waals surface area contributed by atoms with Gasteiger partial charge in [0.15, 0.2) is 0 Å². The lowest BCUT2D eigenvalue weighted by Gasteiger charge is -2.05. The molecule has 1 aromatic heterocycles. The molecule has 0 spiro atoms. The molecule has 0 radical (unpaired) electrons. The fourth-order valence-corrected chi connectivity index (χ4v) is 1.61. The van der Waals surface area contributed by atoms with Crippen molar-refractivity contribution >= 4 is 11.9 Å². The number of hydrogen-bond donors (Lipinski definition) is 2. The molecule has 0 saturated heterocycles. The number of nitrogens with one attached hydrogen (secondary N) is 2. The van der Waals surface area contributed by atoms with Crippen LogP contribution in [0.25, 0.3) is 0 Å². The number of nitrogens with zero attached hydrogens (tertiary/aromatic N) is 2. The molecule has 2 aromatic rings. The minimum atomic E-state index is -4.66. The fraction of sp³-hybridized carbons (Fsp3) is 0.308. The van der Waals surface area contributed by atoms with Gasteiger partial charge in [-0.15, -0.1) is 5.10 Å². The van der Waals surface area contributed by atoms with E-state index in [9.17, 15) is 22.4 Å². The maximum atomic E-state index is 12.9. The van der Waals surface area contributed by atoms with Crippen molar-refractivity contribution in [1.82, 2.24) is 15.2 Å². The van der Waals surface area contributed by atoms with Gasteiger partial charge in [0.2, 0.25) is 17.7 Å². The van der Waals surface area contributed by atoms with Crippen LogP contribution in [0.4, 0.5) is 23.5 Å². The van der Waals surface area contributed by atoms with Gasteiger partial charge in [-0.05, 0) is 18.6 Å². The van der Waals surface area contributed by atoms with Crippen LogP contribution in [-0.2, 0) is 11.0 Å². The number of aromatic amines is 1. The molecule has 0 aliphatic carbocycles. The summed E-state index contributed by atoms with van der Waals surface area (Å²) < 4.78 is 55.0. The molecule has 1 amide bonds. The average Bonchev–Trinajstić information content (AvgIpc) is 2.92. The first kappa shape index (κ1) is 16.7. The Bertz CT molecular complexity index is 672. The van der Waals surface area contributed by atoms with E-state index < -0.39 is 29.7 Å². The lowest BCUT2D eigenvalue weighted by Crippen LogP contribution is -2.14. The molecule has 0 aliphatic heterocycles. The van der Waals surface area contributed by atoms with Gasteiger partial charge in [0.25, 0.3) is 0 Å². The summed E-state index contributed by atoms with van der Waals surface area (Å²) in [7, 11) is 0. The molecule has 6 nitrogen and oxygen atoms in total. The Morgan fingerprint density at radius 2 is 2.13 bits per heavy atom. The smallest absolute Gasteiger partial charge is 0.451 e. The maximum absolute atomic E-state index is 12.9. The number of carbonyl (C=O) groups is 1. The Labute approximate surface area is 127 Å². The van der Waals surface area contributed by atoms with Gasteiger partial charge in [-0.25, -0.2) is 4.39 Å². The molecule has 2 rings (SSSR count). The van der Waals surface area contributed by atoms with Crippen molar-refractivity contribution in [3.63, 3.8) is 0 Å². The van der Waals surface area contributed by atoms with Gasteiger partial charge >= 0.3 is 6.18 Å². The number of aromatic nitrogens is 3. The lowest BCUT2D eigenvalue weighted by molar-refractivity contribution is -0.144. The number of alkyl halides is 3. The number of rotatable bonds is 6. The topological polar surface area (TPSA) is 79.9 Å². The molecule has 0 saturated carbocycles. The molecule has 2 N–H and O–H groups in total. The maximum Gasteiger partial charge on any atom is 0.451 e. The van der Waals surface area contributed by atoms with E-state index in [1.165, 1.54) is 18.2 Å². The van der Waals surface area contributed by atoms with Crippen LogP contribution in [0.15, 0.2) is 24.3 Å². The van der Waals surface area contributed by atoms with Gasteiger partial charge < -0.3 is 4.74 Å². The monoisotopic (exact) mass is 332 g/mol. The summed E-state index contributed by atoms with van der Waals surface area (Å²) >= 11 is 0. The average molecular weight is 332 g/mol. The van der Waals surface area contributed by atoms with Crippen LogP contribution >= 0.6 is 0 Å².